The van der Waals surface area contributed by atoms with Crippen LogP contribution in [0.15, 0.2) is 42.5 Å². The minimum Gasteiger partial charge on any atom is -0.318 e. The number of benzene rings is 2. The van der Waals surface area contributed by atoms with Gasteiger partial charge in [-0.3, -0.25) is 9.59 Å². The smallest absolute Gasteiger partial charge is 0.316 e. The molecule has 0 aliphatic heterocycles. The number of rotatable bonds is 3. The Morgan fingerprint density at radius 3 is 2.30 bits per heavy atom. The number of nitrogens with one attached hydrogen (secondary N) is 1. The van der Waals surface area contributed by atoms with Crippen molar-refractivity contribution in [3.63, 3.8) is 0 Å². The van der Waals surface area contributed by atoms with E-state index in [1.165, 1.54) is 4.90 Å². The van der Waals surface area contributed by atoms with Crippen molar-refractivity contribution in [2.45, 2.75) is 27.7 Å². The number of anilines is 2. The second-order valence-corrected chi connectivity index (χ2v) is 5.66. The SMILES string of the molecule is CCN(C(=O)C(=O)Nc1ccc(C)cc1C)c1cccc(C)c1. The van der Waals surface area contributed by atoms with E-state index in [1.54, 1.807) is 0 Å². The molecule has 23 heavy (non-hydrogen) atoms. The molecule has 0 unspecified atom stereocenters. The Morgan fingerprint density at radius 1 is 1.00 bits per heavy atom. The fraction of sp³-hybridized carbons (Fsp3) is 0.263. The zero-order chi connectivity index (χ0) is 17.0. The molecular weight excluding hydrogens is 288 g/mol. The van der Waals surface area contributed by atoms with Crippen molar-refractivity contribution in [2.75, 3.05) is 16.8 Å². The number of hydrogen-bond acceptors (Lipinski definition) is 2. The monoisotopic (exact) mass is 310 g/mol. The van der Waals surface area contributed by atoms with Crippen LogP contribution in [0.5, 0.6) is 0 Å². The van der Waals surface area contributed by atoms with E-state index in [9.17, 15) is 9.59 Å². The van der Waals surface area contributed by atoms with Gasteiger partial charge in [0.1, 0.15) is 0 Å². The lowest BCUT2D eigenvalue weighted by atomic mass is 10.1. The molecule has 0 aromatic heterocycles. The third kappa shape index (κ3) is 3.97. The summed E-state index contributed by atoms with van der Waals surface area (Å²) in [6.45, 7) is 8.14. The van der Waals surface area contributed by atoms with Gasteiger partial charge >= 0.3 is 11.8 Å². The molecule has 0 saturated carbocycles. The van der Waals surface area contributed by atoms with Crippen LogP contribution in [-0.2, 0) is 9.59 Å². The molecule has 0 heterocycles. The number of aryl methyl sites for hydroxylation is 3. The van der Waals surface area contributed by atoms with Gasteiger partial charge in [0.25, 0.3) is 0 Å². The molecular formula is C19H22N2O2. The molecule has 1 N–H and O–H groups in total. The van der Waals surface area contributed by atoms with Crippen LogP contribution in [0.1, 0.15) is 23.6 Å². The lowest BCUT2D eigenvalue weighted by Gasteiger charge is -2.21. The van der Waals surface area contributed by atoms with E-state index in [2.05, 4.69) is 5.32 Å². The highest BCUT2D eigenvalue weighted by atomic mass is 16.2. The predicted octanol–water partition coefficient (Wildman–Crippen LogP) is 3.60. The summed E-state index contributed by atoms with van der Waals surface area (Å²) in [6, 6.07) is 13.3. The van der Waals surface area contributed by atoms with E-state index in [1.807, 2.05) is 70.2 Å². The van der Waals surface area contributed by atoms with Gasteiger partial charge in [0, 0.05) is 17.9 Å². The van der Waals surface area contributed by atoms with Crippen LogP contribution in [0, 0.1) is 20.8 Å². The number of carbonyl (C=O) groups is 2. The van der Waals surface area contributed by atoms with Crippen molar-refractivity contribution in [3.05, 3.63) is 59.2 Å². The molecule has 4 heteroatoms. The van der Waals surface area contributed by atoms with Crippen LogP contribution in [0.2, 0.25) is 0 Å². The van der Waals surface area contributed by atoms with Gasteiger partial charge in [-0.25, -0.2) is 0 Å². The lowest BCUT2D eigenvalue weighted by molar-refractivity contribution is -0.134. The minimum absolute atomic E-state index is 0.433. The third-order valence-electron chi connectivity index (χ3n) is 3.70. The average molecular weight is 310 g/mol. The molecule has 120 valence electrons. The molecule has 0 spiro atoms. The summed E-state index contributed by atoms with van der Waals surface area (Å²) in [6.07, 6.45) is 0. The summed E-state index contributed by atoms with van der Waals surface area (Å²) in [7, 11) is 0. The van der Waals surface area contributed by atoms with Gasteiger partial charge in [0.05, 0.1) is 0 Å². The van der Waals surface area contributed by atoms with Crippen molar-refractivity contribution in [1.82, 2.24) is 0 Å². The first-order chi connectivity index (χ1) is 10.9. The quantitative estimate of drug-likeness (QED) is 0.881. The molecule has 0 bridgehead atoms. The topological polar surface area (TPSA) is 49.4 Å². The summed E-state index contributed by atoms with van der Waals surface area (Å²) in [5.41, 5.74) is 4.48. The average Bonchev–Trinajstić information content (AvgIpc) is 2.50. The summed E-state index contributed by atoms with van der Waals surface area (Å²) in [4.78, 5) is 26.3. The fourth-order valence-corrected chi connectivity index (χ4v) is 2.49. The van der Waals surface area contributed by atoms with E-state index in [4.69, 9.17) is 0 Å². The van der Waals surface area contributed by atoms with Gasteiger partial charge in [-0.15, -0.1) is 0 Å². The predicted molar refractivity (Wildman–Crippen MR) is 93.8 cm³/mol. The minimum atomic E-state index is -0.625. The van der Waals surface area contributed by atoms with Crippen molar-refractivity contribution in [2.24, 2.45) is 0 Å². The number of amides is 2. The van der Waals surface area contributed by atoms with Crippen molar-refractivity contribution in [1.29, 1.82) is 0 Å². The van der Waals surface area contributed by atoms with Crippen molar-refractivity contribution in [3.8, 4) is 0 Å². The molecule has 2 aromatic rings. The second kappa shape index (κ2) is 7.09. The molecule has 0 atom stereocenters. The van der Waals surface area contributed by atoms with Crippen molar-refractivity contribution >= 4 is 23.2 Å². The van der Waals surface area contributed by atoms with E-state index in [0.29, 0.717) is 12.2 Å². The molecule has 2 rings (SSSR count). The zero-order valence-corrected chi connectivity index (χ0v) is 14.0. The van der Waals surface area contributed by atoms with Crippen LogP contribution in [-0.4, -0.2) is 18.4 Å². The van der Waals surface area contributed by atoms with E-state index < -0.39 is 11.8 Å². The Morgan fingerprint density at radius 2 is 1.70 bits per heavy atom. The van der Waals surface area contributed by atoms with Gasteiger partial charge in [0.2, 0.25) is 0 Å². The first-order valence-electron chi connectivity index (χ1n) is 7.69. The summed E-state index contributed by atoms with van der Waals surface area (Å²) in [5.74, 6) is -1.18. The molecule has 2 amide bonds. The van der Waals surface area contributed by atoms with Gasteiger partial charge in [-0.05, 0) is 57.0 Å². The van der Waals surface area contributed by atoms with Gasteiger partial charge in [0.15, 0.2) is 0 Å². The van der Waals surface area contributed by atoms with E-state index in [0.717, 1.165) is 22.4 Å². The molecule has 0 aliphatic carbocycles. The molecule has 0 radical (unpaired) electrons. The van der Waals surface area contributed by atoms with E-state index >= 15 is 0 Å². The third-order valence-corrected chi connectivity index (χ3v) is 3.70. The Bertz CT molecular complexity index is 738. The Balaban J connectivity index is 2.19. The summed E-state index contributed by atoms with van der Waals surface area (Å²) < 4.78 is 0. The van der Waals surface area contributed by atoms with Crippen LogP contribution >= 0.6 is 0 Å². The Hall–Kier alpha value is -2.62. The van der Waals surface area contributed by atoms with Crippen LogP contribution in [0.25, 0.3) is 0 Å². The first-order valence-corrected chi connectivity index (χ1v) is 7.69. The Kier molecular flexibility index (Phi) is 5.16. The maximum atomic E-state index is 12.5. The van der Waals surface area contributed by atoms with Crippen LogP contribution < -0.4 is 10.2 Å². The summed E-state index contributed by atoms with van der Waals surface area (Å²) >= 11 is 0. The number of likely N-dealkylation sites (N-methyl/N-ethyl adjacent to an activating group) is 1. The van der Waals surface area contributed by atoms with Gasteiger partial charge in [-0.2, -0.15) is 0 Å². The molecule has 0 saturated heterocycles. The van der Waals surface area contributed by atoms with E-state index in [-0.39, 0.29) is 0 Å². The fourth-order valence-electron chi connectivity index (χ4n) is 2.49. The van der Waals surface area contributed by atoms with Gasteiger partial charge in [-0.1, -0.05) is 29.8 Å². The van der Waals surface area contributed by atoms with Crippen LogP contribution in [0.4, 0.5) is 11.4 Å². The standard InChI is InChI=1S/C19H22N2O2/c1-5-21(16-8-6-7-13(2)12-16)19(23)18(22)20-17-10-9-14(3)11-15(17)4/h6-12H,5H2,1-4H3,(H,20,22). The first kappa shape index (κ1) is 16.7. The van der Waals surface area contributed by atoms with Crippen molar-refractivity contribution < 1.29 is 9.59 Å². The highest BCUT2D eigenvalue weighted by molar-refractivity contribution is 6.44. The lowest BCUT2D eigenvalue weighted by Crippen LogP contribution is -2.39. The molecule has 0 aliphatic rings. The number of nitrogens with zero attached hydrogens (tertiary/aromatic N) is 1. The normalized spacial score (nSPS) is 10.3. The highest BCUT2D eigenvalue weighted by Crippen LogP contribution is 2.18. The largest absolute Gasteiger partial charge is 0.318 e. The maximum absolute atomic E-state index is 12.5. The molecule has 0 fully saturated rings. The summed E-state index contributed by atoms with van der Waals surface area (Å²) in [5, 5.41) is 2.71. The number of carbonyl (C=O) groups excluding carboxylic acids is 2. The maximum Gasteiger partial charge on any atom is 0.316 e. The molecule has 2 aromatic carbocycles. The van der Waals surface area contributed by atoms with Gasteiger partial charge < -0.3 is 10.2 Å². The molecule has 4 nitrogen and oxygen atoms in total. The highest BCUT2D eigenvalue weighted by Gasteiger charge is 2.22. The zero-order valence-electron chi connectivity index (χ0n) is 14.0. The number of hydrogen-bond donors (Lipinski definition) is 1. The Labute approximate surface area is 137 Å². The van der Waals surface area contributed by atoms with Crippen LogP contribution in [0.3, 0.4) is 0 Å². The second-order valence-electron chi connectivity index (χ2n) is 5.66.